The highest BCUT2D eigenvalue weighted by molar-refractivity contribution is 7.09. The number of aliphatic hydroxyl groups excluding tert-OH is 1. The maximum Gasteiger partial charge on any atom is 0.200 e. The Kier molecular flexibility index (Phi) is 4.62. The molecule has 0 spiro atoms. The molecule has 0 aliphatic carbocycles. The van der Waals surface area contributed by atoms with Gasteiger partial charge in [-0.3, -0.25) is 0 Å². The number of aliphatic hydroxyl groups is 1. The molecule has 2 heterocycles. The third-order valence-corrected chi connectivity index (χ3v) is 3.50. The van der Waals surface area contributed by atoms with E-state index >= 15 is 0 Å². The van der Waals surface area contributed by atoms with E-state index in [1.807, 2.05) is 19.2 Å². The van der Waals surface area contributed by atoms with Crippen molar-refractivity contribution in [2.45, 2.75) is 39.5 Å². The van der Waals surface area contributed by atoms with E-state index in [-0.39, 0.29) is 0 Å². The van der Waals surface area contributed by atoms with Crippen LogP contribution in [0.5, 0.6) is 0 Å². The third-order valence-electron chi connectivity index (χ3n) is 2.72. The van der Waals surface area contributed by atoms with E-state index in [0.29, 0.717) is 31.2 Å². The molecule has 2 aromatic rings. The summed E-state index contributed by atoms with van der Waals surface area (Å²) in [6.45, 7) is 4.67. The number of hydrogen-bond acceptors (Lipinski definition) is 6. The Hall–Kier alpha value is -1.31. The first kappa shape index (κ1) is 14.1. The molecule has 0 aliphatic heterocycles. The zero-order chi connectivity index (χ0) is 13.8. The van der Waals surface area contributed by atoms with Gasteiger partial charge in [0, 0.05) is 12.5 Å². The van der Waals surface area contributed by atoms with Crippen molar-refractivity contribution in [2.75, 3.05) is 7.11 Å². The lowest BCUT2D eigenvalue weighted by Gasteiger charge is -2.09. The van der Waals surface area contributed by atoms with E-state index in [2.05, 4.69) is 15.1 Å². The highest BCUT2D eigenvalue weighted by Crippen LogP contribution is 2.19. The summed E-state index contributed by atoms with van der Waals surface area (Å²) in [6, 6.07) is 0. The molecule has 0 unspecified atom stereocenters. The predicted octanol–water partition coefficient (Wildman–Crippen LogP) is 1.63. The molecule has 104 valence electrons. The second-order valence-electron chi connectivity index (χ2n) is 4.28. The van der Waals surface area contributed by atoms with Crippen LogP contribution in [0.25, 0.3) is 11.5 Å². The molecule has 7 heteroatoms. The minimum absolute atomic E-state index is 0.368. The van der Waals surface area contributed by atoms with Gasteiger partial charge in [-0.15, -0.1) is 16.4 Å². The van der Waals surface area contributed by atoms with Gasteiger partial charge in [-0.1, -0.05) is 6.92 Å². The number of aryl methyl sites for hydroxylation is 1. The quantitative estimate of drug-likeness (QED) is 0.871. The summed E-state index contributed by atoms with van der Waals surface area (Å²) in [5.74, 6) is 1.29. The molecule has 0 aromatic carbocycles. The molecular weight excluding hydrogens is 264 g/mol. The second kappa shape index (κ2) is 6.23. The number of thiazole rings is 1. The minimum atomic E-state index is -0.428. The lowest BCUT2D eigenvalue weighted by molar-refractivity contribution is 0.133. The Morgan fingerprint density at radius 2 is 2.26 bits per heavy atom. The van der Waals surface area contributed by atoms with E-state index in [9.17, 15) is 5.11 Å². The average molecular weight is 282 g/mol. The summed E-state index contributed by atoms with van der Waals surface area (Å²) in [5, 5.41) is 17.1. The van der Waals surface area contributed by atoms with Crippen molar-refractivity contribution in [1.82, 2.24) is 19.7 Å². The highest BCUT2D eigenvalue weighted by Gasteiger charge is 2.15. The monoisotopic (exact) mass is 282 g/mol. The van der Waals surface area contributed by atoms with Crippen LogP contribution < -0.4 is 0 Å². The van der Waals surface area contributed by atoms with Crippen molar-refractivity contribution in [3.05, 3.63) is 16.2 Å². The molecule has 1 N–H and O–H groups in total. The zero-order valence-electron chi connectivity index (χ0n) is 11.3. The molecule has 2 rings (SSSR count). The normalized spacial score (nSPS) is 12.8. The fourth-order valence-corrected chi connectivity index (χ4v) is 2.25. The van der Waals surface area contributed by atoms with Gasteiger partial charge in [0.2, 0.25) is 5.82 Å². The van der Waals surface area contributed by atoms with Crippen LogP contribution in [0.4, 0.5) is 0 Å². The first-order valence-electron chi connectivity index (χ1n) is 6.17. The molecule has 0 amide bonds. The van der Waals surface area contributed by atoms with Crippen LogP contribution in [0, 0.1) is 6.92 Å². The zero-order valence-corrected chi connectivity index (χ0v) is 12.1. The number of ether oxygens (including phenoxy) is 1. The van der Waals surface area contributed by atoms with E-state index in [4.69, 9.17) is 4.74 Å². The smallest absolute Gasteiger partial charge is 0.200 e. The Bertz CT molecular complexity index is 538. The summed E-state index contributed by atoms with van der Waals surface area (Å²) in [6.07, 6.45) is 0.250. The molecular formula is C12H18N4O2S. The molecule has 6 nitrogen and oxygen atoms in total. The molecule has 0 fully saturated rings. The van der Waals surface area contributed by atoms with Crippen molar-refractivity contribution in [3.63, 3.8) is 0 Å². The van der Waals surface area contributed by atoms with E-state index < -0.39 is 6.10 Å². The van der Waals surface area contributed by atoms with E-state index in [1.165, 1.54) is 0 Å². The van der Waals surface area contributed by atoms with Crippen LogP contribution in [0.3, 0.4) is 0 Å². The first-order chi connectivity index (χ1) is 9.13. The minimum Gasteiger partial charge on any atom is -0.391 e. The summed E-state index contributed by atoms with van der Waals surface area (Å²) in [4.78, 5) is 8.80. The van der Waals surface area contributed by atoms with Crippen molar-refractivity contribution < 1.29 is 9.84 Å². The molecule has 2 aromatic heterocycles. The molecule has 0 bridgehead atoms. The molecule has 19 heavy (non-hydrogen) atoms. The summed E-state index contributed by atoms with van der Waals surface area (Å²) < 4.78 is 6.81. The second-order valence-corrected chi connectivity index (χ2v) is 5.34. The number of aromatic nitrogens is 4. The number of hydrogen-bond donors (Lipinski definition) is 1. The van der Waals surface area contributed by atoms with Gasteiger partial charge in [-0.2, -0.15) is 0 Å². The predicted molar refractivity (Wildman–Crippen MR) is 72.9 cm³/mol. The maximum absolute atomic E-state index is 9.74. The van der Waals surface area contributed by atoms with E-state index in [0.717, 1.165) is 10.7 Å². The number of nitrogens with zero attached hydrogens (tertiary/aromatic N) is 4. The Labute approximate surface area is 116 Å². The third kappa shape index (κ3) is 3.37. The van der Waals surface area contributed by atoms with Crippen LogP contribution in [-0.2, 0) is 17.9 Å². The first-order valence-corrected chi connectivity index (χ1v) is 7.05. The van der Waals surface area contributed by atoms with Crippen LogP contribution in [-0.4, -0.2) is 38.1 Å². The Morgan fingerprint density at radius 3 is 2.84 bits per heavy atom. The number of rotatable bonds is 6. The van der Waals surface area contributed by atoms with Crippen molar-refractivity contribution in [3.8, 4) is 11.5 Å². The Morgan fingerprint density at radius 1 is 1.47 bits per heavy atom. The lowest BCUT2D eigenvalue weighted by Crippen LogP contribution is -2.18. The van der Waals surface area contributed by atoms with Crippen molar-refractivity contribution in [2.24, 2.45) is 0 Å². The fourth-order valence-electron chi connectivity index (χ4n) is 1.66. The largest absolute Gasteiger partial charge is 0.391 e. The van der Waals surface area contributed by atoms with Crippen molar-refractivity contribution >= 4 is 11.3 Å². The number of methoxy groups -OCH3 is 1. The van der Waals surface area contributed by atoms with Crippen LogP contribution in [0.1, 0.15) is 24.2 Å². The molecule has 0 radical (unpaired) electrons. The van der Waals surface area contributed by atoms with Gasteiger partial charge >= 0.3 is 0 Å². The summed E-state index contributed by atoms with van der Waals surface area (Å²) >= 11 is 1.57. The van der Waals surface area contributed by atoms with Gasteiger partial charge in [0.15, 0.2) is 5.82 Å². The fraction of sp³-hybridized carbons (Fsp3) is 0.583. The maximum atomic E-state index is 9.74. The van der Waals surface area contributed by atoms with Crippen LogP contribution >= 0.6 is 11.3 Å². The Balaban J connectivity index is 2.28. The van der Waals surface area contributed by atoms with Crippen molar-refractivity contribution in [1.29, 1.82) is 0 Å². The SMILES string of the molecule is CC[C@@H](O)Cn1nc(-c2csc(C)n2)nc1COC. The highest BCUT2D eigenvalue weighted by atomic mass is 32.1. The van der Waals surface area contributed by atoms with Gasteiger partial charge in [-0.25, -0.2) is 14.6 Å². The standard InChI is InChI=1S/C12H18N4O2S/c1-4-9(17)5-16-11(6-18-3)14-12(15-16)10-7-19-8(2)13-10/h7,9,17H,4-6H2,1-3H3/t9-/m1/s1. The summed E-state index contributed by atoms with van der Waals surface area (Å²) in [7, 11) is 1.61. The molecule has 0 aliphatic rings. The average Bonchev–Trinajstić information content (AvgIpc) is 2.97. The van der Waals surface area contributed by atoms with Crippen LogP contribution in [0.15, 0.2) is 5.38 Å². The van der Waals surface area contributed by atoms with Gasteiger partial charge < -0.3 is 9.84 Å². The topological polar surface area (TPSA) is 73.1 Å². The van der Waals surface area contributed by atoms with Gasteiger partial charge in [0.05, 0.1) is 17.7 Å². The molecule has 0 saturated carbocycles. The molecule has 1 atom stereocenters. The van der Waals surface area contributed by atoms with Gasteiger partial charge in [0.25, 0.3) is 0 Å². The van der Waals surface area contributed by atoms with Gasteiger partial charge in [0.1, 0.15) is 12.3 Å². The molecule has 0 saturated heterocycles. The lowest BCUT2D eigenvalue weighted by atomic mass is 10.3. The van der Waals surface area contributed by atoms with E-state index in [1.54, 1.807) is 23.1 Å². The van der Waals surface area contributed by atoms with Gasteiger partial charge in [-0.05, 0) is 13.3 Å². The summed E-state index contributed by atoms with van der Waals surface area (Å²) in [5.41, 5.74) is 0.768. The van der Waals surface area contributed by atoms with Crippen LogP contribution in [0.2, 0.25) is 0 Å².